The van der Waals surface area contributed by atoms with Gasteiger partial charge in [0.05, 0.1) is 0 Å². The van der Waals surface area contributed by atoms with E-state index in [1.165, 1.54) is 18.2 Å². The van der Waals surface area contributed by atoms with Crippen molar-refractivity contribution in [2.24, 2.45) is 0 Å². The van der Waals surface area contributed by atoms with Crippen molar-refractivity contribution in [1.82, 2.24) is 0 Å². The molecule has 0 spiro atoms. The summed E-state index contributed by atoms with van der Waals surface area (Å²) < 4.78 is 64.3. The molecule has 2 aromatic rings. The Kier molecular flexibility index (Phi) is 4.56. The fourth-order valence-electron chi connectivity index (χ4n) is 1.62. The van der Waals surface area contributed by atoms with Gasteiger partial charge in [0.15, 0.2) is 5.76 Å². The molecule has 0 unspecified atom stereocenters. The highest BCUT2D eigenvalue weighted by atomic mass is 32.2. The Balaban J connectivity index is 2.47. The van der Waals surface area contributed by atoms with Crippen molar-refractivity contribution in [3.63, 3.8) is 0 Å². The van der Waals surface area contributed by atoms with E-state index in [4.69, 9.17) is 0 Å². The van der Waals surface area contributed by atoms with Gasteiger partial charge >= 0.3 is 15.6 Å². The van der Waals surface area contributed by atoms with Gasteiger partial charge in [0.2, 0.25) is 0 Å². The van der Waals surface area contributed by atoms with Crippen LogP contribution in [0.15, 0.2) is 60.7 Å². The van der Waals surface area contributed by atoms with Gasteiger partial charge in [-0.3, -0.25) is 0 Å². The molecule has 0 saturated heterocycles. The Morgan fingerprint density at radius 3 is 1.91 bits per heavy atom. The summed E-state index contributed by atoms with van der Waals surface area (Å²) in [4.78, 5) is 0. The Morgan fingerprint density at radius 1 is 0.909 bits per heavy atom. The fourth-order valence-corrected chi connectivity index (χ4v) is 2.10. The van der Waals surface area contributed by atoms with Gasteiger partial charge in [0, 0.05) is 5.56 Å². The highest BCUT2D eigenvalue weighted by Crippen LogP contribution is 2.30. The van der Waals surface area contributed by atoms with Gasteiger partial charge in [-0.25, -0.2) is 0 Å². The van der Waals surface area contributed by atoms with E-state index in [2.05, 4.69) is 4.18 Å². The van der Waals surface area contributed by atoms with E-state index in [0.717, 1.165) is 0 Å². The number of halogens is 3. The molecule has 3 nitrogen and oxygen atoms in total. The molecular weight excluding hydrogens is 317 g/mol. The molecule has 22 heavy (non-hydrogen) atoms. The van der Waals surface area contributed by atoms with E-state index in [1.807, 2.05) is 0 Å². The van der Waals surface area contributed by atoms with Crippen molar-refractivity contribution >= 4 is 22.0 Å². The number of hydrogen-bond donors (Lipinski definition) is 0. The van der Waals surface area contributed by atoms with Crippen molar-refractivity contribution in [2.45, 2.75) is 5.51 Å². The average Bonchev–Trinajstić information content (AvgIpc) is 2.47. The summed E-state index contributed by atoms with van der Waals surface area (Å²) in [5, 5.41) is 0. The van der Waals surface area contributed by atoms with Crippen LogP contribution in [0.2, 0.25) is 0 Å². The predicted octanol–water partition coefficient (Wildman–Crippen LogP) is 4.05. The molecule has 0 heterocycles. The van der Waals surface area contributed by atoms with Crippen LogP contribution < -0.4 is 0 Å². The van der Waals surface area contributed by atoms with Crippen LogP contribution in [0.5, 0.6) is 0 Å². The molecule has 0 atom stereocenters. The molecular formula is C15H11F3O3S. The molecule has 0 fully saturated rings. The number of benzene rings is 2. The summed E-state index contributed by atoms with van der Waals surface area (Å²) in [5.41, 5.74) is -4.75. The summed E-state index contributed by atoms with van der Waals surface area (Å²) in [7, 11) is -5.73. The van der Waals surface area contributed by atoms with E-state index < -0.39 is 21.4 Å². The minimum Gasteiger partial charge on any atom is -0.375 e. The standard InChI is InChI=1S/C15H11F3O3S/c16-15(17,18)22(19,20)21-14(13-9-5-2-6-10-13)11-12-7-3-1-4-8-12/h1-11H/b14-11+. The molecule has 116 valence electrons. The van der Waals surface area contributed by atoms with Gasteiger partial charge in [-0.1, -0.05) is 60.7 Å². The van der Waals surface area contributed by atoms with Crippen molar-refractivity contribution < 1.29 is 25.8 Å². The van der Waals surface area contributed by atoms with Crippen molar-refractivity contribution in [2.75, 3.05) is 0 Å². The van der Waals surface area contributed by atoms with E-state index in [1.54, 1.807) is 48.5 Å². The fraction of sp³-hybridized carbons (Fsp3) is 0.0667. The SMILES string of the molecule is O=S(=O)(O/C(=C/c1ccccc1)c1ccccc1)C(F)(F)F. The molecule has 0 amide bonds. The second-order valence-electron chi connectivity index (χ2n) is 4.27. The highest BCUT2D eigenvalue weighted by molar-refractivity contribution is 7.87. The molecule has 7 heteroatoms. The Hall–Kier alpha value is -2.28. The maximum absolute atomic E-state index is 12.5. The average molecular weight is 328 g/mol. The van der Waals surface area contributed by atoms with Crippen LogP contribution in [-0.2, 0) is 14.3 Å². The van der Waals surface area contributed by atoms with Gasteiger partial charge < -0.3 is 4.18 Å². The van der Waals surface area contributed by atoms with Crippen LogP contribution in [0.3, 0.4) is 0 Å². The molecule has 0 N–H and O–H groups in total. The zero-order chi connectivity index (χ0) is 16.2. The second kappa shape index (κ2) is 6.23. The summed E-state index contributed by atoms with van der Waals surface area (Å²) in [5.74, 6) is -0.399. The van der Waals surface area contributed by atoms with E-state index >= 15 is 0 Å². The van der Waals surface area contributed by atoms with Gasteiger partial charge in [0.1, 0.15) is 0 Å². The Bertz CT molecular complexity index is 752. The van der Waals surface area contributed by atoms with Gasteiger partial charge in [-0.05, 0) is 11.6 Å². The van der Waals surface area contributed by atoms with E-state index in [-0.39, 0.29) is 5.56 Å². The molecule has 0 saturated carbocycles. The zero-order valence-electron chi connectivity index (χ0n) is 11.1. The Labute approximate surface area is 125 Å². The first-order chi connectivity index (χ1) is 10.3. The normalized spacial score (nSPS) is 13.0. The first kappa shape index (κ1) is 16.1. The maximum Gasteiger partial charge on any atom is 0.534 e. The van der Waals surface area contributed by atoms with Crippen molar-refractivity contribution in [3.8, 4) is 0 Å². The largest absolute Gasteiger partial charge is 0.534 e. The summed E-state index contributed by atoms with van der Waals surface area (Å²) in [6, 6.07) is 16.0. The minimum absolute atomic E-state index is 0.221. The molecule has 0 aliphatic rings. The summed E-state index contributed by atoms with van der Waals surface area (Å²) in [6.45, 7) is 0. The monoisotopic (exact) mass is 328 g/mol. The highest BCUT2D eigenvalue weighted by Gasteiger charge is 2.48. The van der Waals surface area contributed by atoms with E-state index in [9.17, 15) is 21.6 Å². The van der Waals surface area contributed by atoms with Gasteiger partial charge in [-0.2, -0.15) is 21.6 Å². The smallest absolute Gasteiger partial charge is 0.375 e. The van der Waals surface area contributed by atoms with Crippen LogP contribution in [0, 0.1) is 0 Å². The van der Waals surface area contributed by atoms with Gasteiger partial charge in [0.25, 0.3) is 0 Å². The summed E-state index contributed by atoms with van der Waals surface area (Å²) in [6.07, 6.45) is 1.23. The number of rotatable bonds is 4. The molecule has 0 aliphatic carbocycles. The van der Waals surface area contributed by atoms with Gasteiger partial charge in [-0.15, -0.1) is 0 Å². The molecule has 0 bridgehead atoms. The molecule has 0 aromatic heterocycles. The molecule has 0 aliphatic heterocycles. The first-order valence-corrected chi connectivity index (χ1v) is 7.53. The lowest BCUT2D eigenvalue weighted by molar-refractivity contribution is -0.0509. The molecule has 0 radical (unpaired) electrons. The van der Waals surface area contributed by atoms with Crippen LogP contribution in [0.4, 0.5) is 13.2 Å². The topological polar surface area (TPSA) is 43.4 Å². The molecule has 2 rings (SSSR count). The number of hydrogen-bond acceptors (Lipinski definition) is 3. The second-order valence-corrected chi connectivity index (χ2v) is 5.81. The maximum atomic E-state index is 12.5. The van der Waals surface area contributed by atoms with Crippen LogP contribution in [0.25, 0.3) is 11.8 Å². The zero-order valence-corrected chi connectivity index (χ0v) is 11.9. The lowest BCUT2D eigenvalue weighted by Crippen LogP contribution is -2.25. The molecule has 2 aromatic carbocycles. The summed E-state index contributed by atoms with van der Waals surface area (Å²) >= 11 is 0. The predicted molar refractivity (Wildman–Crippen MR) is 76.8 cm³/mol. The van der Waals surface area contributed by atoms with Crippen LogP contribution >= 0.6 is 0 Å². The third kappa shape index (κ3) is 3.88. The third-order valence-corrected chi connectivity index (χ3v) is 3.60. The minimum atomic E-state index is -5.73. The van der Waals surface area contributed by atoms with Crippen molar-refractivity contribution in [1.29, 1.82) is 0 Å². The lowest BCUT2D eigenvalue weighted by Gasteiger charge is -2.12. The first-order valence-electron chi connectivity index (χ1n) is 6.12. The van der Waals surface area contributed by atoms with Crippen molar-refractivity contribution in [3.05, 3.63) is 71.8 Å². The van der Waals surface area contributed by atoms with Crippen LogP contribution in [-0.4, -0.2) is 13.9 Å². The van der Waals surface area contributed by atoms with E-state index in [0.29, 0.717) is 5.56 Å². The quantitative estimate of drug-likeness (QED) is 0.368. The third-order valence-electron chi connectivity index (χ3n) is 2.64. The number of alkyl halides is 3. The van der Waals surface area contributed by atoms with Crippen LogP contribution in [0.1, 0.15) is 11.1 Å². The Morgan fingerprint density at radius 2 is 1.41 bits per heavy atom. The lowest BCUT2D eigenvalue weighted by atomic mass is 10.1.